The molecule has 1 aliphatic rings. The minimum absolute atomic E-state index is 0.753. The fraction of sp³-hybridized carbons (Fsp3) is 1.00. The molecule has 1 aliphatic heterocycles. The molecule has 0 aliphatic carbocycles. The molecule has 0 radical (unpaired) electrons. The maximum absolute atomic E-state index is 9.94. The second-order valence-electron chi connectivity index (χ2n) is 3.86. The van der Waals surface area contributed by atoms with E-state index in [0.717, 1.165) is 38.4 Å². The molecular weight excluding hydrogens is 200 g/mol. The first-order valence-electron chi connectivity index (χ1n) is 5.06. The molecule has 1 saturated heterocycles. The van der Waals surface area contributed by atoms with Gasteiger partial charge in [0.15, 0.2) is 0 Å². The Kier molecular flexibility index (Phi) is 4.66. The molecule has 86 valence electrons. The van der Waals surface area contributed by atoms with Crippen LogP contribution in [0.5, 0.6) is 0 Å². The zero-order valence-corrected chi connectivity index (χ0v) is 10.1. The van der Waals surface area contributed by atoms with Gasteiger partial charge in [-0.1, -0.05) is 0 Å². The van der Waals surface area contributed by atoms with Crippen molar-refractivity contribution in [3.8, 4) is 0 Å². The molecule has 1 fully saturated rings. The smallest absolute Gasteiger partial charge is 0.0620 e. The Morgan fingerprint density at radius 2 is 2.07 bits per heavy atom. The molecule has 1 heterocycles. The van der Waals surface area contributed by atoms with Gasteiger partial charge >= 0.3 is 0 Å². The summed E-state index contributed by atoms with van der Waals surface area (Å²) in [5.74, 6) is 0.753. The first kappa shape index (κ1) is 12.3. The van der Waals surface area contributed by atoms with Crippen molar-refractivity contribution in [2.24, 2.45) is 5.92 Å². The zero-order chi connectivity index (χ0) is 10.6. The van der Waals surface area contributed by atoms with E-state index in [1.54, 1.807) is 13.4 Å². The van der Waals surface area contributed by atoms with E-state index in [1.165, 1.54) is 0 Å². The quantitative estimate of drug-likeness (QED) is 0.752. The van der Waals surface area contributed by atoms with Gasteiger partial charge in [-0.2, -0.15) is 0 Å². The van der Waals surface area contributed by atoms with E-state index in [9.17, 15) is 4.55 Å². The molecule has 0 aromatic heterocycles. The molecule has 0 aromatic carbocycles. The van der Waals surface area contributed by atoms with Crippen molar-refractivity contribution >= 4 is 10.8 Å². The highest BCUT2D eigenvalue weighted by Gasteiger charge is 2.25. The van der Waals surface area contributed by atoms with Crippen molar-refractivity contribution in [2.45, 2.75) is 12.8 Å². The van der Waals surface area contributed by atoms with Crippen LogP contribution in [0.3, 0.4) is 0 Å². The van der Waals surface area contributed by atoms with Crippen LogP contribution in [0.1, 0.15) is 12.8 Å². The Labute approximate surface area is 88.5 Å². The summed E-state index contributed by atoms with van der Waals surface area (Å²) in [5, 5.41) is 3.20. The summed E-state index contributed by atoms with van der Waals surface area (Å²) in [6.07, 6.45) is 4.08. The van der Waals surface area contributed by atoms with Crippen LogP contribution < -0.4 is 5.32 Å². The topological polar surface area (TPSA) is 44.7 Å². The SMILES string of the molecule is CNCC1CCN(S(C)(O)OC)CC1. The number of nitrogens with one attached hydrogen (secondary N) is 1. The van der Waals surface area contributed by atoms with Gasteiger partial charge in [0.05, 0.1) is 7.11 Å². The van der Waals surface area contributed by atoms with Crippen LogP contribution in [0.15, 0.2) is 0 Å². The highest BCUT2D eigenvalue weighted by atomic mass is 32.3. The third-order valence-corrected chi connectivity index (χ3v) is 4.82. The molecule has 1 rings (SSSR count). The van der Waals surface area contributed by atoms with Crippen LogP contribution in [0, 0.1) is 5.92 Å². The molecule has 1 atom stereocenters. The van der Waals surface area contributed by atoms with Crippen molar-refractivity contribution in [2.75, 3.05) is 40.0 Å². The molecule has 0 spiro atoms. The average Bonchev–Trinajstić information content (AvgIpc) is 2.19. The van der Waals surface area contributed by atoms with Crippen LogP contribution >= 0.6 is 10.8 Å². The van der Waals surface area contributed by atoms with Gasteiger partial charge in [-0.15, -0.1) is 10.8 Å². The van der Waals surface area contributed by atoms with E-state index in [2.05, 4.69) is 9.62 Å². The van der Waals surface area contributed by atoms with Gasteiger partial charge < -0.3 is 5.32 Å². The predicted octanol–water partition coefficient (Wildman–Crippen LogP) is 1.30. The Morgan fingerprint density at radius 3 is 2.50 bits per heavy atom. The maximum atomic E-state index is 9.94. The molecular formula is C9H22N2O2S. The monoisotopic (exact) mass is 222 g/mol. The fourth-order valence-corrected chi connectivity index (χ4v) is 2.95. The van der Waals surface area contributed by atoms with E-state index in [0.29, 0.717) is 0 Å². The highest BCUT2D eigenvalue weighted by Crippen LogP contribution is 2.45. The molecule has 5 heteroatoms. The normalized spacial score (nSPS) is 27.1. The van der Waals surface area contributed by atoms with Crippen LogP contribution in [0.2, 0.25) is 0 Å². The first-order chi connectivity index (χ1) is 6.60. The summed E-state index contributed by atoms with van der Waals surface area (Å²) in [7, 11) is 1.62. The lowest BCUT2D eigenvalue weighted by molar-refractivity contribution is 0.239. The summed E-state index contributed by atoms with van der Waals surface area (Å²) < 4.78 is 17.1. The van der Waals surface area contributed by atoms with Gasteiger partial charge in [0.25, 0.3) is 0 Å². The summed E-state index contributed by atoms with van der Waals surface area (Å²) >= 11 is 0. The van der Waals surface area contributed by atoms with Crippen molar-refractivity contribution in [1.29, 1.82) is 0 Å². The van der Waals surface area contributed by atoms with E-state index >= 15 is 0 Å². The van der Waals surface area contributed by atoms with Gasteiger partial charge in [0.2, 0.25) is 0 Å². The Balaban J connectivity index is 2.35. The fourth-order valence-electron chi connectivity index (χ4n) is 1.85. The van der Waals surface area contributed by atoms with Gasteiger partial charge in [0, 0.05) is 19.3 Å². The highest BCUT2D eigenvalue weighted by molar-refractivity contribution is 8.22. The maximum Gasteiger partial charge on any atom is 0.0620 e. The average molecular weight is 222 g/mol. The number of hydrogen-bond acceptors (Lipinski definition) is 4. The summed E-state index contributed by atoms with van der Waals surface area (Å²) in [5.41, 5.74) is 0. The van der Waals surface area contributed by atoms with Crippen LogP contribution in [-0.2, 0) is 4.18 Å². The van der Waals surface area contributed by atoms with Gasteiger partial charge in [-0.3, -0.25) is 8.74 Å². The Hall–Kier alpha value is 0.190. The van der Waals surface area contributed by atoms with E-state index < -0.39 is 10.8 Å². The molecule has 0 aromatic rings. The summed E-state index contributed by atoms with van der Waals surface area (Å²) in [6, 6.07) is 0. The Morgan fingerprint density at radius 1 is 1.50 bits per heavy atom. The third kappa shape index (κ3) is 3.10. The molecule has 0 saturated carbocycles. The largest absolute Gasteiger partial charge is 0.319 e. The van der Waals surface area contributed by atoms with Crippen molar-refractivity contribution in [1.82, 2.24) is 9.62 Å². The summed E-state index contributed by atoms with van der Waals surface area (Å²) in [6.45, 7) is 2.98. The standard InChI is InChI=1S/C9H22N2O2S/c1-10-8-9-4-6-11(7-5-9)14(3,12)13-2/h9-10,12H,4-8H2,1-3H3. The second-order valence-corrected chi connectivity index (χ2v) is 6.23. The van der Waals surface area contributed by atoms with Crippen molar-refractivity contribution < 1.29 is 8.74 Å². The molecule has 2 N–H and O–H groups in total. The summed E-state index contributed by atoms with van der Waals surface area (Å²) in [4.78, 5) is 0. The number of hydrogen-bond donors (Lipinski definition) is 2. The van der Waals surface area contributed by atoms with E-state index in [4.69, 9.17) is 4.18 Å². The second kappa shape index (κ2) is 5.32. The van der Waals surface area contributed by atoms with E-state index in [1.807, 2.05) is 7.05 Å². The Bertz CT molecular complexity index is 170. The first-order valence-corrected chi connectivity index (χ1v) is 6.94. The molecule has 1 unspecified atom stereocenters. The molecule has 0 amide bonds. The minimum atomic E-state index is -1.95. The van der Waals surface area contributed by atoms with Crippen LogP contribution in [-0.4, -0.2) is 48.9 Å². The van der Waals surface area contributed by atoms with E-state index in [-0.39, 0.29) is 0 Å². The molecule has 14 heavy (non-hydrogen) atoms. The van der Waals surface area contributed by atoms with Crippen LogP contribution in [0.25, 0.3) is 0 Å². The number of piperidine rings is 1. The molecule has 4 nitrogen and oxygen atoms in total. The minimum Gasteiger partial charge on any atom is -0.319 e. The van der Waals surface area contributed by atoms with Crippen LogP contribution in [0.4, 0.5) is 0 Å². The van der Waals surface area contributed by atoms with Gasteiger partial charge in [0.1, 0.15) is 0 Å². The van der Waals surface area contributed by atoms with Crippen molar-refractivity contribution in [3.63, 3.8) is 0 Å². The third-order valence-electron chi connectivity index (χ3n) is 2.86. The lowest BCUT2D eigenvalue weighted by Gasteiger charge is -2.46. The van der Waals surface area contributed by atoms with Crippen molar-refractivity contribution in [3.05, 3.63) is 0 Å². The lowest BCUT2D eigenvalue weighted by Crippen LogP contribution is -2.38. The zero-order valence-electron chi connectivity index (χ0n) is 9.32. The van der Waals surface area contributed by atoms with Gasteiger partial charge in [-0.05, 0) is 32.4 Å². The molecule has 0 bridgehead atoms. The lowest BCUT2D eigenvalue weighted by atomic mass is 9.98. The number of rotatable bonds is 4. The number of nitrogens with zero attached hydrogens (tertiary/aromatic N) is 1. The predicted molar refractivity (Wildman–Crippen MR) is 61.4 cm³/mol. The van der Waals surface area contributed by atoms with Gasteiger partial charge in [-0.25, -0.2) is 4.31 Å².